The van der Waals surface area contributed by atoms with Gasteiger partial charge in [-0.25, -0.2) is 4.68 Å². The van der Waals surface area contributed by atoms with Crippen molar-refractivity contribution in [2.75, 3.05) is 18.5 Å². The number of anilines is 1. The molecule has 0 saturated heterocycles. The Balaban J connectivity index is 1.60. The molecule has 0 spiro atoms. The highest BCUT2D eigenvalue weighted by Gasteiger charge is 2.21. The van der Waals surface area contributed by atoms with Crippen LogP contribution in [0.15, 0.2) is 48.5 Å². The first-order valence-electron chi connectivity index (χ1n) is 9.66. The van der Waals surface area contributed by atoms with Crippen LogP contribution in [0.25, 0.3) is 0 Å². The van der Waals surface area contributed by atoms with Gasteiger partial charge in [-0.05, 0) is 49.7 Å². The van der Waals surface area contributed by atoms with Crippen LogP contribution in [0.3, 0.4) is 0 Å². The van der Waals surface area contributed by atoms with Crippen molar-refractivity contribution in [2.45, 2.75) is 20.4 Å². The monoisotopic (exact) mass is 460 g/mol. The molecule has 7 nitrogen and oxygen atoms in total. The standard InChI is InChI=1S/C22H22Cl2N4O3/c1-3-31-17-10-8-16(9-11-17)26-19(29)12-25-22(30)20-14(2)27-28(21(20)24)13-15-6-4-5-7-18(15)23/h4-11H,3,12-13H2,1-2H3,(H,25,30)(H,26,29). The van der Waals surface area contributed by atoms with Gasteiger partial charge in [0.15, 0.2) is 0 Å². The van der Waals surface area contributed by atoms with E-state index in [0.29, 0.717) is 35.3 Å². The Labute approximate surface area is 190 Å². The van der Waals surface area contributed by atoms with Crippen LogP contribution in [0.5, 0.6) is 5.75 Å². The Morgan fingerprint density at radius 2 is 1.81 bits per heavy atom. The number of hydrogen-bond acceptors (Lipinski definition) is 4. The van der Waals surface area contributed by atoms with Crippen molar-refractivity contribution in [1.29, 1.82) is 0 Å². The number of aromatic nitrogens is 2. The smallest absolute Gasteiger partial charge is 0.256 e. The largest absolute Gasteiger partial charge is 0.494 e. The quantitative estimate of drug-likeness (QED) is 0.524. The van der Waals surface area contributed by atoms with Gasteiger partial charge in [-0.1, -0.05) is 41.4 Å². The van der Waals surface area contributed by atoms with Crippen molar-refractivity contribution in [3.05, 3.63) is 75.5 Å². The van der Waals surface area contributed by atoms with Crippen LogP contribution < -0.4 is 15.4 Å². The molecule has 2 aromatic carbocycles. The van der Waals surface area contributed by atoms with Gasteiger partial charge in [0.25, 0.3) is 5.91 Å². The van der Waals surface area contributed by atoms with Crippen LogP contribution >= 0.6 is 23.2 Å². The molecular formula is C22H22Cl2N4O3. The van der Waals surface area contributed by atoms with Gasteiger partial charge in [-0.3, -0.25) is 9.59 Å². The highest BCUT2D eigenvalue weighted by molar-refractivity contribution is 6.33. The van der Waals surface area contributed by atoms with Crippen LogP contribution in [0.4, 0.5) is 5.69 Å². The average molecular weight is 461 g/mol. The molecule has 0 saturated carbocycles. The molecule has 2 amide bonds. The van der Waals surface area contributed by atoms with Crippen LogP contribution in [-0.4, -0.2) is 34.7 Å². The lowest BCUT2D eigenvalue weighted by molar-refractivity contribution is -0.115. The van der Waals surface area contributed by atoms with Crippen LogP contribution in [0, 0.1) is 6.92 Å². The third-order valence-electron chi connectivity index (χ3n) is 4.43. The lowest BCUT2D eigenvalue weighted by Crippen LogP contribution is -2.33. The lowest BCUT2D eigenvalue weighted by atomic mass is 10.2. The van der Waals surface area contributed by atoms with E-state index < -0.39 is 5.91 Å². The number of aryl methyl sites for hydroxylation is 1. The molecule has 0 aliphatic heterocycles. The number of nitrogens with one attached hydrogen (secondary N) is 2. The summed E-state index contributed by atoms with van der Waals surface area (Å²) in [6.07, 6.45) is 0. The molecule has 31 heavy (non-hydrogen) atoms. The van der Waals surface area contributed by atoms with E-state index in [1.54, 1.807) is 37.3 Å². The van der Waals surface area contributed by atoms with Gasteiger partial charge in [-0.2, -0.15) is 5.10 Å². The molecule has 1 heterocycles. The molecule has 0 bridgehead atoms. The zero-order valence-electron chi connectivity index (χ0n) is 17.1. The van der Waals surface area contributed by atoms with E-state index in [0.717, 1.165) is 5.56 Å². The van der Waals surface area contributed by atoms with Gasteiger partial charge < -0.3 is 15.4 Å². The number of hydrogen-bond donors (Lipinski definition) is 2. The maximum absolute atomic E-state index is 12.6. The predicted octanol–water partition coefficient (Wildman–Crippen LogP) is 4.31. The van der Waals surface area contributed by atoms with Crippen molar-refractivity contribution in [3.8, 4) is 5.75 Å². The Kier molecular flexibility index (Phi) is 7.55. The fraction of sp³-hybridized carbons (Fsp3) is 0.227. The number of halogens is 2. The minimum atomic E-state index is -0.477. The van der Waals surface area contributed by atoms with E-state index in [4.69, 9.17) is 27.9 Å². The van der Waals surface area contributed by atoms with Crippen molar-refractivity contribution < 1.29 is 14.3 Å². The first-order chi connectivity index (χ1) is 14.9. The number of benzene rings is 2. The minimum absolute atomic E-state index is 0.182. The van der Waals surface area contributed by atoms with Crippen molar-refractivity contribution in [2.24, 2.45) is 0 Å². The third kappa shape index (κ3) is 5.77. The lowest BCUT2D eigenvalue weighted by Gasteiger charge is -2.08. The fourth-order valence-electron chi connectivity index (χ4n) is 2.96. The second-order valence-corrected chi connectivity index (χ2v) is 7.45. The molecule has 162 valence electrons. The molecule has 0 radical (unpaired) electrons. The number of amides is 2. The van der Waals surface area contributed by atoms with Crippen LogP contribution in [0.1, 0.15) is 28.5 Å². The highest BCUT2D eigenvalue weighted by Crippen LogP contribution is 2.23. The van der Waals surface area contributed by atoms with Gasteiger partial charge in [0.1, 0.15) is 10.9 Å². The predicted molar refractivity (Wildman–Crippen MR) is 121 cm³/mol. The fourth-order valence-corrected chi connectivity index (χ4v) is 3.47. The topological polar surface area (TPSA) is 85.2 Å². The van der Waals surface area contributed by atoms with E-state index in [9.17, 15) is 9.59 Å². The second kappa shape index (κ2) is 10.3. The zero-order valence-corrected chi connectivity index (χ0v) is 18.6. The van der Waals surface area contributed by atoms with Gasteiger partial charge in [0.2, 0.25) is 5.91 Å². The number of carbonyl (C=O) groups is 2. The number of rotatable bonds is 8. The summed E-state index contributed by atoms with van der Waals surface area (Å²) in [7, 11) is 0. The Morgan fingerprint density at radius 3 is 2.48 bits per heavy atom. The van der Waals surface area contributed by atoms with Crippen molar-refractivity contribution in [3.63, 3.8) is 0 Å². The molecule has 2 N–H and O–H groups in total. The second-order valence-electron chi connectivity index (χ2n) is 6.69. The van der Waals surface area contributed by atoms with E-state index in [2.05, 4.69) is 15.7 Å². The van der Waals surface area contributed by atoms with E-state index >= 15 is 0 Å². The number of carbonyl (C=O) groups excluding carboxylic acids is 2. The molecule has 0 unspecified atom stereocenters. The first kappa shape index (κ1) is 22.7. The van der Waals surface area contributed by atoms with Crippen LogP contribution in [-0.2, 0) is 11.3 Å². The maximum atomic E-state index is 12.6. The molecule has 9 heteroatoms. The molecule has 0 aliphatic rings. The summed E-state index contributed by atoms with van der Waals surface area (Å²) >= 11 is 12.6. The SMILES string of the molecule is CCOc1ccc(NC(=O)CNC(=O)c2c(C)nn(Cc3ccccc3Cl)c2Cl)cc1. The molecular weight excluding hydrogens is 439 g/mol. The molecule has 1 aromatic heterocycles. The normalized spacial score (nSPS) is 10.6. The molecule has 0 fully saturated rings. The summed E-state index contributed by atoms with van der Waals surface area (Å²) in [6.45, 7) is 4.26. The van der Waals surface area contributed by atoms with Gasteiger partial charge in [0, 0.05) is 10.7 Å². The van der Waals surface area contributed by atoms with Gasteiger partial charge in [0.05, 0.1) is 31.0 Å². The minimum Gasteiger partial charge on any atom is -0.494 e. The third-order valence-corrected chi connectivity index (χ3v) is 5.18. The summed E-state index contributed by atoms with van der Waals surface area (Å²) in [5, 5.41) is 10.4. The summed E-state index contributed by atoms with van der Waals surface area (Å²) in [5.74, 6) is -0.128. The van der Waals surface area contributed by atoms with Gasteiger partial charge >= 0.3 is 0 Å². The first-order valence-corrected chi connectivity index (χ1v) is 10.4. The van der Waals surface area contributed by atoms with Gasteiger partial charge in [-0.15, -0.1) is 0 Å². The molecule has 3 rings (SSSR count). The van der Waals surface area contributed by atoms with E-state index in [1.165, 1.54) is 4.68 Å². The zero-order chi connectivity index (χ0) is 22.4. The highest BCUT2D eigenvalue weighted by atomic mass is 35.5. The number of ether oxygens (including phenoxy) is 1. The van der Waals surface area contributed by atoms with Crippen molar-refractivity contribution >= 4 is 40.7 Å². The Bertz CT molecular complexity index is 1080. The average Bonchev–Trinajstić information content (AvgIpc) is 3.02. The summed E-state index contributed by atoms with van der Waals surface area (Å²) in [5.41, 5.74) is 2.11. The van der Waals surface area contributed by atoms with Crippen LogP contribution in [0.2, 0.25) is 10.2 Å². The van der Waals surface area contributed by atoms with Crippen molar-refractivity contribution in [1.82, 2.24) is 15.1 Å². The van der Waals surface area contributed by atoms with E-state index in [1.807, 2.05) is 25.1 Å². The summed E-state index contributed by atoms with van der Waals surface area (Å²) in [6, 6.07) is 14.3. The molecule has 3 aromatic rings. The maximum Gasteiger partial charge on any atom is 0.256 e. The number of nitrogens with zero attached hydrogens (tertiary/aromatic N) is 2. The van der Waals surface area contributed by atoms with E-state index in [-0.39, 0.29) is 23.2 Å². The molecule has 0 atom stereocenters. The summed E-state index contributed by atoms with van der Waals surface area (Å²) in [4.78, 5) is 24.8. The Morgan fingerprint density at radius 1 is 1.10 bits per heavy atom. The Hall–Kier alpha value is -3.03. The molecule has 0 aliphatic carbocycles. The summed E-state index contributed by atoms with van der Waals surface area (Å²) < 4.78 is 6.87.